The van der Waals surface area contributed by atoms with Gasteiger partial charge in [0.1, 0.15) is 5.82 Å². The van der Waals surface area contributed by atoms with Crippen molar-refractivity contribution < 1.29 is 0 Å². The van der Waals surface area contributed by atoms with Crippen molar-refractivity contribution in [3.8, 4) is 0 Å². The molecule has 3 heteroatoms. The number of hydrogen-bond acceptors (Lipinski definition) is 2. The molecule has 2 aromatic rings. The molecule has 3 nitrogen and oxygen atoms in total. The van der Waals surface area contributed by atoms with Crippen LogP contribution in [0.25, 0.3) is 11.0 Å². The Hall–Kier alpha value is -1.51. The number of anilines is 1. The highest BCUT2D eigenvalue weighted by Gasteiger charge is 2.41. The third kappa shape index (κ3) is 1.24. The van der Waals surface area contributed by atoms with E-state index in [1.807, 2.05) is 12.1 Å². The van der Waals surface area contributed by atoms with Gasteiger partial charge in [0.25, 0.3) is 0 Å². The third-order valence-electron chi connectivity index (χ3n) is 3.58. The normalized spacial score (nSPS) is 17.9. The fourth-order valence-electron chi connectivity index (χ4n) is 2.39. The van der Waals surface area contributed by atoms with Crippen LogP contribution < -0.4 is 5.73 Å². The Labute approximate surface area is 95.3 Å². The van der Waals surface area contributed by atoms with Crippen LogP contribution in [-0.2, 0) is 12.0 Å². The van der Waals surface area contributed by atoms with E-state index in [1.54, 1.807) is 0 Å². The highest BCUT2D eigenvalue weighted by atomic mass is 15.2. The summed E-state index contributed by atoms with van der Waals surface area (Å²) in [6.45, 7) is 4.47. The average molecular weight is 215 g/mol. The van der Waals surface area contributed by atoms with Gasteiger partial charge in [-0.05, 0) is 38.0 Å². The number of fused-ring (bicyclic) bond motifs is 1. The van der Waals surface area contributed by atoms with E-state index in [0.717, 1.165) is 17.6 Å². The largest absolute Gasteiger partial charge is 0.399 e. The number of aromatic nitrogens is 2. The van der Waals surface area contributed by atoms with Gasteiger partial charge < -0.3 is 10.3 Å². The molecule has 1 aromatic carbocycles. The molecule has 0 saturated heterocycles. The minimum absolute atomic E-state index is 0.302. The molecule has 0 spiro atoms. The molecular weight excluding hydrogens is 198 g/mol. The van der Waals surface area contributed by atoms with Crippen LogP contribution in [0.1, 0.15) is 32.5 Å². The molecule has 0 aliphatic heterocycles. The van der Waals surface area contributed by atoms with E-state index in [0.29, 0.717) is 5.54 Å². The van der Waals surface area contributed by atoms with Gasteiger partial charge in [-0.15, -0.1) is 0 Å². The van der Waals surface area contributed by atoms with Gasteiger partial charge in [0.15, 0.2) is 0 Å². The van der Waals surface area contributed by atoms with Crippen LogP contribution in [0.5, 0.6) is 0 Å². The number of imidazole rings is 1. The topological polar surface area (TPSA) is 43.8 Å². The molecule has 16 heavy (non-hydrogen) atoms. The summed E-state index contributed by atoms with van der Waals surface area (Å²) in [4.78, 5) is 4.68. The summed E-state index contributed by atoms with van der Waals surface area (Å²) in [5.74, 6) is 1.18. The molecule has 1 aromatic heterocycles. The first-order chi connectivity index (χ1) is 7.64. The van der Waals surface area contributed by atoms with Crippen LogP contribution in [-0.4, -0.2) is 9.55 Å². The second kappa shape index (κ2) is 3.00. The van der Waals surface area contributed by atoms with Crippen LogP contribution >= 0.6 is 0 Å². The van der Waals surface area contributed by atoms with Crippen LogP contribution in [0.2, 0.25) is 0 Å². The summed E-state index contributed by atoms with van der Waals surface area (Å²) in [5.41, 5.74) is 9.15. The summed E-state index contributed by atoms with van der Waals surface area (Å²) in [6, 6.07) is 6.03. The number of hydrogen-bond donors (Lipinski definition) is 1. The molecular formula is C13H17N3. The van der Waals surface area contributed by atoms with Crippen molar-refractivity contribution >= 4 is 16.7 Å². The Bertz CT molecular complexity index is 550. The predicted octanol–water partition coefficient (Wildman–Crippen LogP) is 2.69. The zero-order valence-electron chi connectivity index (χ0n) is 9.83. The molecule has 0 radical (unpaired) electrons. The van der Waals surface area contributed by atoms with Gasteiger partial charge in [0, 0.05) is 17.6 Å². The van der Waals surface area contributed by atoms with Gasteiger partial charge in [0.2, 0.25) is 0 Å². The summed E-state index contributed by atoms with van der Waals surface area (Å²) in [7, 11) is 0. The fourth-order valence-corrected chi connectivity index (χ4v) is 2.39. The van der Waals surface area contributed by atoms with Crippen LogP contribution in [0.3, 0.4) is 0 Å². The molecule has 1 heterocycles. The first kappa shape index (κ1) is 9.70. The zero-order valence-corrected chi connectivity index (χ0v) is 9.83. The Morgan fingerprint density at radius 1 is 1.44 bits per heavy atom. The van der Waals surface area contributed by atoms with Gasteiger partial charge in [-0.25, -0.2) is 4.98 Å². The standard InChI is InChI=1S/C13H17N3/c1-3-12-15-10-8-9(14)4-5-11(10)16(12)13(2)6-7-13/h4-5,8H,3,6-7,14H2,1-2H3. The van der Waals surface area contributed by atoms with Crippen molar-refractivity contribution in [1.82, 2.24) is 9.55 Å². The van der Waals surface area contributed by atoms with Gasteiger partial charge in [0.05, 0.1) is 11.0 Å². The molecule has 0 unspecified atom stereocenters. The Kier molecular flexibility index (Phi) is 1.82. The lowest BCUT2D eigenvalue weighted by atomic mass is 10.2. The minimum atomic E-state index is 0.302. The number of rotatable bonds is 2. The molecule has 1 saturated carbocycles. The predicted molar refractivity (Wildman–Crippen MR) is 66.4 cm³/mol. The van der Waals surface area contributed by atoms with Crippen molar-refractivity contribution in [2.75, 3.05) is 5.73 Å². The molecule has 0 bridgehead atoms. The van der Waals surface area contributed by atoms with E-state index < -0.39 is 0 Å². The first-order valence-corrected chi connectivity index (χ1v) is 5.91. The van der Waals surface area contributed by atoms with E-state index in [2.05, 4.69) is 29.5 Å². The molecule has 1 aliphatic rings. The highest BCUT2D eigenvalue weighted by molar-refractivity contribution is 5.80. The highest BCUT2D eigenvalue weighted by Crippen LogP contribution is 2.45. The Morgan fingerprint density at radius 2 is 2.19 bits per heavy atom. The molecule has 0 amide bonds. The van der Waals surface area contributed by atoms with Crippen LogP contribution in [0.15, 0.2) is 18.2 Å². The maximum Gasteiger partial charge on any atom is 0.110 e. The Morgan fingerprint density at radius 3 is 2.81 bits per heavy atom. The number of nitrogens with two attached hydrogens (primary N) is 1. The lowest BCUT2D eigenvalue weighted by Crippen LogP contribution is -2.15. The summed E-state index contributed by atoms with van der Waals surface area (Å²) in [5, 5.41) is 0. The molecule has 84 valence electrons. The molecule has 0 atom stereocenters. The Balaban J connectivity index is 2.31. The van der Waals surface area contributed by atoms with Crippen molar-refractivity contribution in [1.29, 1.82) is 0 Å². The number of benzene rings is 1. The van der Waals surface area contributed by atoms with Crippen molar-refractivity contribution in [2.45, 2.75) is 38.6 Å². The van der Waals surface area contributed by atoms with Gasteiger partial charge >= 0.3 is 0 Å². The van der Waals surface area contributed by atoms with E-state index in [4.69, 9.17) is 5.73 Å². The average Bonchev–Trinajstić information content (AvgIpc) is 2.89. The van der Waals surface area contributed by atoms with Gasteiger partial charge in [-0.3, -0.25) is 0 Å². The smallest absolute Gasteiger partial charge is 0.110 e. The summed E-state index contributed by atoms with van der Waals surface area (Å²) in [6.07, 6.45) is 3.50. The summed E-state index contributed by atoms with van der Waals surface area (Å²) >= 11 is 0. The summed E-state index contributed by atoms with van der Waals surface area (Å²) < 4.78 is 2.40. The van der Waals surface area contributed by atoms with Crippen molar-refractivity contribution in [3.05, 3.63) is 24.0 Å². The van der Waals surface area contributed by atoms with Crippen molar-refractivity contribution in [3.63, 3.8) is 0 Å². The molecule has 1 aliphatic carbocycles. The lowest BCUT2D eigenvalue weighted by Gasteiger charge is -2.15. The van der Waals surface area contributed by atoms with Crippen LogP contribution in [0, 0.1) is 0 Å². The van der Waals surface area contributed by atoms with E-state index in [1.165, 1.54) is 24.2 Å². The van der Waals surface area contributed by atoms with E-state index in [9.17, 15) is 0 Å². The van der Waals surface area contributed by atoms with E-state index >= 15 is 0 Å². The second-order valence-corrected chi connectivity index (χ2v) is 4.96. The van der Waals surface area contributed by atoms with Gasteiger partial charge in [-0.2, -0.15) is 0 Å². The molecule has 3 rings (SSSR count). The van der Waals surface area contributed by atoms with Crippen LogP contribution in [0.4, 0.5) is 5.69 Å². The second-order valence-electron chi connectivity index (χ2n) is 4.96. The number of aryl methyl sites for hydroxylation is 1. The number of nitrogens with zero attached hydrogens (tertiary/aromatic N) is 2. The third-order valence-corrected chi connectivity index (χ3v) is 3.58. The monoisotopic (exact) mass is 215 g/mol. The SMILES string of the molecule is CCc1nc2cc(N)ccc2n1C1(C)CC1. The van der Waals surface area contributed by atoms with Gasteiger partial charge in [-0.1, -0.05) is 6.92 Å². The zero-order chi connectivity index (χ0) is 11.3. The van der Waals surface area contributed by atoms with E-state index in [-0.39, 0.29) is 0 Å². The fraction of sp³-hybridized carbons (Fsp3) is 0.462. The molecule has 1 fully saturated rings. The minimum Gasteiger partial charge on any atom is -0.399 e. The number of nitrogen functional groups attached to an aromatic ring is 1. The quantitative estimate of drug-likeness (QED) is 0.783. The maximum absolute atomic E-state index is 5.80. The lowest BCUT2D eigenvalue weighted by molar-refractivity contribution is 0.525. The maximum atomic E-state index is 5.80. The first-order valence-electron chi connectivity index (χ1n) is 5.91. The van der Waals surface area contributed by atoms with Crippen molar-refractivity contribution in [2.24, 2.45) is 0 Å². The molecule has 2 N–H and O–H groups in total.